The molecule has 1 saturated carbocycles. The minimum atomic E-state index is -0.912. The van der Waals surface area contributed by atoms with Crippen molar-refractivity contribution in [2.75, 3.05) is 20.1 Å². The standard InChI is InChI=1S/C13H24N2O3/c1-9-5-4-6-11(10(9)2)14-12(16)7-15(3)8-13(17)18/h9-11H,4-8H2,1-3H3,(H,14,16)(H,17,18)/t9-,10+,11+/m1/s1. The van der Waals surface area contributed by atoms with Crippen LogP contribution in [0.1, 0.15) is 33.1 Å². The Bertz CT molecular complexity index is 307. The maximum atomic E-state index is 11.8. The Morgan fingerprint density at radius 3 is 2.56 bits per heavy atom. The fourth-order valence-electron chi connectivity index (χ4n) is 2.57. The van der Waals surface area contributed by atoms with E-state index < -0.39 is 5.97 Å². The maximum absolute atomic E-state index is 11.8. The van der Waals surface area contributed by atoms with E-state index in [1.54, 1.807) is 7.05 Å². The quantitative estimate of drug-likeness (QED) is 0.768. The van der Waals surface area contributed by atoms with Crippen molar-refractivity contribution < 1.29 is 14.7 Å². The van der Waals surface area contributed by atoms with E-state index in [0.717, 1.165) is 12.8 Å². The Balaban J connectivity index is 2.37. The molecule has 0 aromatic heterocycles. The van der Waals surface area contributed by atoms with Crippen LogP contribution >= 0.6 is 0 Å². The molecule has 0 bridgehead atoms. The largest absolute Gasteiger partial charge is 0.480 e. The number of carboxylic acid groups (broad SMARTS) is 1. The molecule has 0 radical (unpaired) electrons. The third-order valence-corrected chi connectivity index (χ3v) is 3.87. The van der Waals surface area contributed by atoms with E-state index in [9.17, 15) is 9.59 Å². The molecular weight excluding hydrogens is 232 g/mol. The van der Waals surface area contributed by atoms with Gasteiger partial charge in [0.25, 0.3) is 0 Å². The van der Waals surface area contributed by atoms with Crippen LogP contribution in [-0.4, -0.2) is 48.1 Å². The second-order valence-corrected chi connectivity index (χ2v) is 5.51. The van der Waals surface area contributed by atoms with Crippen LogP contribution in [0.4, 0.5) is 0 Å². The van der Waals surface area contributed by atoms with Crippen molar-refractivity contribution in [3.63, 3.8) is 0 Å². The number of nitrogens with zero attached hydrogens (tertiary/aromatic N) is 1. The highest BCUT2D eigenvalue weighted by molar-refractivity contribution is 5.79. The second kappa shape index (κ2) is 6.73. The Morgan fingerprint density at radius 1 is 1.28 bits per heavy atom. The summed E-state index contributed by atoms with van der Waals surface area (Å²) >= 11 is 0. The molecule has 1 rings (SSSR count). The van der Waals surface area contributed by atoms with Gasteiger partial charge in [-0.05, 0) is 25.3 Å². The first-order valence-electron chi connectivity index (χ1n) is 6.60. The fourth-order valence-corrected chi connectivity index (χ4v) is 2.57. The smallest absolute Gasteiger partial charge is 0.317 e. The molecule has 0 spiro atoms. The van der Waals surface area contributed by atoms with Gasteiger partial charge in [0.1, 0.15) is 0 Å². The summed E-state index contributed by atoms with van der Waals surface area (Å²) in [7, 11) is 1.64. The zero-order valence-electron chi connectivity index (χ0n) is 11.5. The van der Waals surface area contributed by atoms with Crippen LogP contribution in [0.2, 0.25) is 0 Å². The van der Waals surface area contributed by atoms with E-state index in [1.807, 2.05) is 0 Å². The van der Waals surface area contributed by atoms with Gasteiger partial charge in [0.05, 0.1) is 13.1 Å². The van der Waals surface area contributed by atoms with E-state index >= 15 is 0 Å². The van der Waals surface area contributed by atoms with Gasteiger partial charge in [-0.25, -0.2) is 0 Å². The number of hydrogen-bond donors (Lipinski definition) is 2. The minimum Gasteiger partial charge on any atom is -0.480 e. The van der Waals surface area contributed by atoms with Crippen molar-refractivity contribution in [2.45, 2.75) is 39.2 Å². The first-order valence-corrected chi connectivity index (χ1v) is 6.60. The van der Waals surface area contributed by atoms with Gasteiger partial charge in [-0.1, -0.05) is 26.7 Å². The maximum Gasteiger partial charge on any atom is 0.317 e. The molecule has 2 N–H and O–H groups in total. The molecule has 1 fully saturated rings. The molecule has 3 atom stereocenters. The minimum absolute atomic E-state index is 0.0790. The Morgan fingerprint density at radius 2 is 1.94 bits per heavy atom. The number of carbonyl (C=O) groups is 2. The lowest BCUT2D eigenvalue weighted by Gasteiger charge is -2.34. The van der Waals surface area contributed by atoms with Crippen molar-refractivity contribution in [3.05, 3.63) is 0 Å². The summed E-state index contributed by atoms with van der Waals surface area (Å²) in [5.74, 6) is 0.142. The van der Waals surface area contributed by atoms with E-state index in [0.29, 0.717) is 11.8 Å². The molecule has 1 aliphatic carbocycles. The summed E-state index contributed by atoms with van der Waals surface area (Å²) in [4.78, 5) is 23.8. The lowest BCUT2D eigenvalue weighted by Crippen LogP contribution is -2.47. The summed E-state index contributed by atoms with van der Waals surface area (Å²) in [6, 6.07) is 0.236. The van der Waals surface area contributed by atoms with Crippen molar-refractivity contribution in [3.8, 4) is 0 Å². The van der Waals surface area contributed by atoms with E-state index in [2.05, 4.69) is 19.2 Å². The number of hydrogen-bond acceptors (Lipinski definition) is 3. The highest BCUT2D eigenvalue weighted by atomic mass is 16.4. The Hall–Kier alpha value is -1.10. The molecule has 1 amide bonds. The molecule has 5 heteroatoms. The van der Waals surface area contributed by atoms with Crippen molar-refractivity contribution in [1.82, 2.24) is 10.2 Å². The SMILES string of the molecule is C[C@H]1[C@H](C)CCC[C@@H]1NC(=O)CN(C)CC(=O)O. The van der Waals surface area contributed by atoms with Crippen LogP contribution < -0.4 is 5.32 Å². The third-order valence-electron chi connectivity index (χ3n) is 3.87. The van der Waals surface area contributed by atoms with Gasteiger partial charge in [-0.15, -0.1) is 0 Å². The van der Waals surface area contributed by atoms with Crippen LogP contribution in [0.5, 0.6) is 0 Å². The van der Waals surface area contributed by atoms with Crippen molar-refractivity contribution in [1.29, 1.82) is 0 Å². The zero-order valence-corrected chi connectivity index (χ0v) is 11.5. The zero-order chi connectivity index (χ0) is 13.7. The summed E-state index contributed by atoms with van der Waals surface area (Å²) in [6.07, 6.45) is 3.41. The normalized spacial score (nSPS) is 28.1. The van der Waals surface area contributed by atoms with Gasteiger partial charge in [0.15, 0.2) is 0 Å². The van der Waals surface area contributed by atoms with Gasteiger partial charge >= 0.3 is 5.97 Å². The first kappa shape index (κ1) is 15.0. The van der Waals surface area contributed by atoms with Gasteiger partial charge < -0.3 is 10.4 Å². The number of aliphatic carboxylic acids is 1. The van der Waals surface area contributed by atoms with Gasteiger partial charge in [0.2, 0.25) is 5.91 Å². The molecule has 1 aliphatic rings. The van der Waals surface area contributed by atoms with E-state index in [4.69, 9.17) is 5.11 Å². The van der Waals surface area contributed by atoms with Gasteiger partial charge in [-0.3, -0.25) is 14.5 Å². The van der Waals surface area contributed by atoms with Crippen LogP contribution in [0, 0.1) is 11.8 Å². The lowest BCUT2D eigenvalue weighted by molar-refractivity contribution is -0.138. The molecule has 0 aromatic rings. The Kier molecular flexibility index (Phi) is 5.59. The number of rotatable bonds is 5. The Labute approximate surface area is 109 Å². The van der Waals surface area contributed by atoms with Crippen molar-refractivity contribution >= 4 is 11.9 Å². The third kappa shape index (κ3) is 4.64. The number of amides is 1. The van der Waals surface area contributed by atoms with Gasteiger partial charge in [0, 0.05) is 6.04 Å². The van der Waals surface area contributed by atoms with Crippen molar-refractivity contribution in [2.24, 2.45) is 11.8 Å². The summed E-state index contributed by atoms with van der Waals surface area (Å²) in [5.41, 5.74) is 0. The van der Waals surface area contributed by atoms with Gasteiger partial charge in [-0.2, -0.15) is 0 Å². The van der Waals surface area contributed by atoms with E-state index in [-0.39, 0.29) is 25.0 Å². The molecule has 0 heterocycles. The average molecular weight is 256 g/mol. The van der Waals surface area contributed by atoms with Crippen LogP contribution in [0.3, 0.4) is 0 Å². The topological polar surface area (TPSA) is 69.6 Å². The summed E-state index contributed by atoms with van der Waals surface area (Å²) in [5, 5.41) is 11.7. The molecular formula is C13H24N2O3. The predicted molar refractivity (Wildman–Crippen MR) is 69.2 cm³/mol. The molecule has 0 saturated heterocycles. The fraction of sp³-hybridized carbons (Fsp3) is 0.846. The van der Waals surface area contributed by atoms with Crippen LogP contribution in [0.15, 0.2) is 0 Å². The summed E-state index contributed by atoms with van der Waals surface area (Å²) in [6.45, 7) is 4.43. The highest BCUT2D eigenvalue weighted by Gasteiger charge is 2.28. The molecule has 104 valence electrons. The predicted octanol–water partition coefficient (Wildman–Crippen LogP) is 0.944. The molecule has 0 unspecified atom stereocenters. The number of carboxylic acids is 1. The first-order chi connectivity index (χ1) is 8.40. The van der Waals surface area contributed by atoms with E-state index in [1.165, 1.54) is 11.3 Å². The summed E-state index contributed by atoms with van der Waals surface area (Å²) < 4.78 is 0. The number of carbonyl (C=O) groups excluding carboxylic acids is 1. The lowest BCUT2D eigenvalue weighted by atomic mass is 9.78. The monoisotopic (exact) mass is 256 g/mol. The molecule has 0 aromatic carbocycles. The van der Waals surface area contributed by atoms with Crippen LogP contribution in [-0.2, 0) is 9.59 Å². The van der Waals surface area contributed by atoms with Crippen LogP contribution in [0.25, 0.3) is 0 Å². The molecule has 18 heavy (non-hydrogen) atoms. The average Bonchev–Trinajstić information content (AvgIpc) is 2.23. The second-order valence-electron chi connectivity index (χ2n) is 5.51. The highest BCUT2D eigenvalue weighted by Crippen LogP contribution is 2.29. The molecule has 5 nitrogen and oxygen atoms in total. The molecule has 0 aliphatic heterocycles. The number of nitrogens with one attached hydrogen (secondary N) is 1. The number of likely N-dealkylation sites (N-methyl/N-ethyl adjacent to an activating group) is 1.